The standard InChI is InChI=1S/C6H10N2O/c1-2-6(9)5-3-7-4-8-5/h3-4,6,9H,2H2,1H3,(H,7,8). The molecule has 0 fully saturated rings. The lowest BCUT2D eigenvalue weighted by molar-refractivity contribution is 0.169. The largest absolute Gasteiger partial charge is 0.387 e. The first-order chi connectivity index (χ1) is 4.34. The van der Waals surface area contributed by atoms with Crippen LogP contribution in [0, 0.1) is 0 Å². The number of hydrogen-bond acceptors (Lipinski definition) is 2. The summed E-state index contributed by atoms with van der Waals surface area (Å²) in [6.45, 7) is 1.92. The molecule has 1 aromatic heterocycles. The van der Waals surface area contributed by atoms with Crippen LogP contribution in [-0.2, 0) is 0 Å². The van der Waals surface area contributed by atoms with Crippen LogP contribution >= 0.6 is 0 Å². The van der Waals surface area contributed by atoms with E-state index in [-0.39, 0.29) is 0 Å². The monoisotopic (exact) mass is 126 g/mol. The number of nitrogens with zero attached hydrogens (tertiary/aromatic N) is 1. The summed E-state index contributed by atoms with van der Waals surface area (Å²) >= 11 is 0. The maximum Gasteiger partial charge on any atom is 0.0972 e. The molecule has 0 saturated heterocycles. The molecule has 1 rings (SSSR count). The van der Waals surface area contributed by atoms with Crippen LogP contribution in [0.15, 0.2) is 12.5 Å². The number of nitrogens with one attached hydrogen (secondary N) is 1. The van der Waals surface area contributed by atoms with Gasteiger partial charge in [-0.2, -0.15) is 0 Å². The summed E-state index contributed by atoms with van der Waals surface area (Å²) < 4.78 is 0. The van der Waals surface area contributed by atoms with Crippen LogP contribution in [0.25, 0.3) is 0 Å². The third-order valence-electron chi connectivity index (χ3n) is 1.25. The highest BCUT2D eigenvalue weighted by atomic mass is 16.3. The second-order valence-corrected chi connectivity index (χ2v) is 1.92. The normalized spacial score (nSPS) is 13.6. The Labute approximate surface area is 53.7 Å². The van der Waals surface area contributed by atoms with Gasteiger partial charge in [-0.05, 0) is 6.42 Å². The Morgan fingerprint density at radius 3 is 3.11 bits per heavy atom. The molecule has 0 aromatic carbocycles. The molecule has 0 aliphatic heterocycles. The van der Waals surface area contributed by atoms with Gasteiger partial charge in [0.2, 0.25) is 0 Å². The zero-order valence-corrected chi connectivity index (χ0v) is 5.33. The van der Waals surface area contributed by atoms with Crippen LogP contribution in [0.2, 0.25) is 0 Å². The van der Waals surface area contributed by atoms with E-state index in [4.69, 9.17) is 5.11 Å². The molecule has 1 unspecified atom stereocenters. The third kappa shape index (κ3) is 1.29. The number of aliphatic hydroxyl groups is 1. The van der Waals surface area contributed by atoms with Gasteiger partial charge in [-0.1, -0.05) is 6.92 Å². The quantitative estimate of drug-likeness (QED) is 0.617. The van der Waals surface area contributed by atoms with Crippen molar-refractivity contribution in [3.63, 3.8) is 0 Å². The SMILES string of the molecule is CCC(O)c1c[nH]cn1. The Balaban J connectivity index is 2.65. The van der Waals surface area contributed by atoms with Crippen molar-refractivity contribution in [3.8, 4) is 0 Å². The smallest absolute Gasteiger partial charge is 0.0972 e. The molecule has 0 spiro atoms. The number of rotatable bonds is 2. The highest BCUT2D eigenvalue weighted by Crippen LogP contribution is 2.10. The summed E-state index contributed by atoms with van der Waals surface area (Å²) in [5, 5.41) is 9.14. The van der Waals surface area contributed by atoms with Gasteiger partial charge in [-0.15, -0.1) is 0 Å². The maximum absolute atomic E-state index is 9.14. The number of aliphatic hydroxyl groups excluding tert-OH is 1. The van der Waals surface area contributed by atoms with Gasteiger partial charge >= 0.3 is 0 Å². The van der Waals surface area contributed by atoms with Gasteiger partial charge in [0.05, 0.1) is 18.1 Å². The molecule has 0 radical (unpaired) electrons. The number of imidazole rings is 1. The summed E-state index contributed by atoms with van der Waals surface area (Å²) in [6, 6.07) is 0. The second kappa shape index (κ2) is 2.64. The number of aromatic amines is 1. The first-order valence-electron chi connectivity index (χ1n) is 3.01. The van der Waals surface area contributed by atoms with E-state index in [0.29, 0.717) is 6.42 Å². The van der Waals surface area contributed by atoms with E-state index in [0.717, 1.165) is 5.69 Å². The number of aromatic nitrogens is 2. The topological polar surface area (TPSA) is 48.9 Å². The van der Waals surface area contributed by atoms with E-state index in [9.17, 15) is 0 Å². The maximum atomic E-state index is 9.14. The fraction of sp³-hybridized carbons (Fsp3) is 0.500. The first kappa shape index (κ1) is 6.29. The predicted molar refractivity (Wildman–Crippen MR) is 33.8 cm³/mol. The van der Waals surface area contributed by atoms with Crippen molar-refractivity contribution in [3.05, 3.63) is 18.2 Å². The Bertz CT molecular complexity index is 160. The van der Waals surface area contributed by atoms with E-state index in [1.54, 1.807) is 12.5 Å². The van der Waals surface area contributed by atoms with Gasteiger partial charge in [0, 0.05) is 6.20 Å². The molecule has 0 amide bonds. The summed E-state index contributed by atoms with van der Waals surface area (Å²) in [5.41, 5.74) is 0.720. The van der Waals surface area contributed by atoms with Crippen LogP contribution in [0.3, 0.4) is 0 Å². The lowest BCUT2D eigenvalue weighted by atomic mass is 10.2. The summed E-state index contributed by atoms with van der Waals surface area (Å²) in [6.07, 6.45) is 3.57. The van der Waals surface area contributed by atoms with Crippen molar-refractivity contribution in [2.24, 2.45) is 0 Å². The molecule has 2 N–H and O–H groups in total. The molecule has 1 heterocycles. The minimum absolute atomic E-state index is 0.406. The summed E-state index contributed by atoms with van der Waals surface area (Å²) in [7, 11) is 0. The van der Waals surface area contributed by atoms with Crippen LogP contribution < -0.4 is 0 Å². The van der Waals surface area contributed by atoms with Gasteiger partial charge < -0.3 is 10.1 Å². The molecule has 9 heavy (non-hydrogen) atoms. The minimum atomic E-state index is -0.406. The average molecular weight is 126 g/mol. The van der Waals surface area contributed by atoms with E-state index in [1.165, 1.54) is 0 Å². The molecule has 3 nitrogen and oxygen atoms in total. The van der Waals surface area contributed by atoms with Crippen LogP contribution in [-0.4, -0.2) is 15.1 Å². The molecule has 1 aromatic rings. The predicted octanol–water partition coefficient (Wildman–Crippen LogP) is 0.853. The van der Waals surface area contributed by atoms with Crippen LogP contribution in [0.1, 0.15) is 25.1 Å². The molecular formula is C6H10N2O. The zero-order chi connectivity index (χ0) is 6.69. The van der Waals surface area contributed by atoms with Gasteiger partial charge in [-0.25, -0.2) is 4.98 Å². The first-order valence-corrected chi connectivity index (χ1v) is 3.01. The molecular weight excluding hydrogens is 116 g/mol. The van der Waals surface area contributed by atoms with Crippen molar-refractivity contribution >= 4 is 0 Å². The minimum Gasteiger partial charge on any atom is -0.387 e. The molecule has 50 valence electrons. The fourth-order valence-electron chi connectivity index (χ4n) is 0.663. The number of hydrogen-bond donors (Lipinski definition) is 2. The second-order valence-electron chi connectivity index (χ2n) is 1.92. The van der Waals surface area contributed by atoms with Gasteiger partial charge in [0.25, 0.3) is 0 Å². The summed E-state index contributed by atoms with van der Waals surface area (Å²) in [5.74, 6) is 0. The highest BCUT2D eigenvalue weighted by Gasteiger charge is 2.04. The van der Waals surface area contributed by atoms with E-state index in [1.807, 2.05) is 6.92 Å². The fourth-order valence-corrected chi connectivity index (χ4v) is 0.663. The Morgan fingerprint density at radius 1 is 1.89 bits per heavy atom. The van der Waals surface area contributed by atoms with Crippen molar-refractivity contribution in [2.45, 2.75) is 19.4 Å². The summed E-state index contributed by atoms with van der Waals surface area (Å²) in [4.78, 5) is 6.66. The molecule has 0 bridgehead atoms. The highest BCUT2D eigenvalue weighted by molar-refractivity contribution is 4.97. The molecule has 0 aliphatic rings. The lowest BCUT2D eigenvalue weighted by Crippen LogP contribution is -1.93. The Hall–Kier alpha value is -0.830. The zero-order valence-electron chi connectivity index (χ0n) is 5.33. The van der Waals surface area contributed by atoms with Crippen LogP contribution in [0.4, 0.5) is 0 Å². The average Bonchev–Trinajstić information content (AvgIpc) is 2.37. The Morgan fingerprint density at radius 2 is 2.67 bits per heavy atom. The van der Waals surface area contributed by atoms with Gasteiger partial charge in [0.1, 0.15) is 0 Å². The van der Waals surface area contributed by atoms with E-state index >= 15 is 0 Å². The lowest BCUT2D eigenvalue weighted by Gasteiger charge is -2.00. The molecule has 1 atom stereocenters. The number of H-pyrrole nitrogens is 1. The van der Waals surface area contributed by atoms with Crippen molar-refractivity contribution < 1.29 is 5.11 Å². The molecule has 0 saturated carbocycles. The van der Waals surface area contributed by atoms with Gasteiger partial charge in [-0.3, -0.25) is 0 Å². The van der Waals surface area contributed by atoms with Crippen LogP contribution in [0.5, 0.6) is 0 Å². The Kier molecular flexibility index (Phi) is 1.85. The van der Waals surface area contributed by atoms with Gasteiger partial charge in [0.15, 0.2) is 0 Å². The van der Waals surface area contributed by atoms with E-state index in [2.05, 4.69) is 9.97 Å². The van der Waals surface area contributed by atoms with E-state index < -0.39 is 6.10 Å². The van der Waals surface area contributed by atoms with Crippen molar-refractivity contribution in [1.29, 1.82) is 0 Å². The third-order valence-corrected chi connectivity index (χ3v) is 1.25. The van der Waals surface area contributed by atoms with Crippen molar-refractivity contribution in [1.82, 2.24) is 9.97 Å². The molecule has 3 heteroatoms. The molecule has 0 aliphatic carbocycles. The van der Waals surface area contributed by atoms with Crippen molar-refractivity contribution in [2.75, 3.05) is 0 Å².